The van der Waals surface area contributed by atoms with Crippen molar-refractivity contribution in [3.63, 3.8) is 0 Å². The summed E-state index contributed by atoms with van der Waals surface area (Å²) in [7, 11) is 0. The Morgan fingerprint density at radius 2 is 1.47 bits per heavy atom. The summed E-state index contributed by atoms with van der Waals surface area (Å²) in [6.45, 7) is 2.08. The zero-order valence-corrected chi connectivity index (χ0v) is 29.2. The summed E-state index contributed by atoms with van der Waals surface area (Å²) in [6, 6.07) is 43.7. The number of pyridine rings is 2. The number of hydrogen-bond acceptors (Lipinski definition) is 3. The molecule has 7 aromatic rings. The molecule has 1 radical (unpaired) electrons. The van der Waals surface area contributed by atoms with Crippen LogP contribution < -0.4 is 4.40 Å². The van der Waals surface area contributed by atoms with E-state index in [1.165, 1.54) is 20.9 Å². The third-order valence-corrected chi connectivity index (χ3v) is 11.4. The van der Waals surface area contributed by atoms with Crippen molar-refractivity contribution in [1.82, 2.24) is 9.97 Å². The van der Waals surface area contributed by atoms with Crippen molar-refractivity contribution in [2.45, 2.75) is 24.2 Å². The van der Waals surface area contributed by atoms with Crippen molar-refractivity contribution in [2.24, 2.45) is 0 Å². The van der Waals surface area contributed by atoms with Gasteiger partial charge in [-0.2, -0.15) is 0 Å². The van der Waals surface area contributed by atoms with E-state index in [-0.39, 0.29) is 20.1 Å². The molecule has 3 aromatic heterocycles. The van der Waals surface area contributed by atoms with E-state index in [9.17, 15) is 0 Å². The van der Waals surface area contributed by atoms with Gasteiger partial charge in [0.05, 0.1) is 0 Å². The molecule has 7 rings (SSSR count). The molecular formula is C38H32GeIrN2O-2. The molecule has 0 aliphatic heterocycles. The molecule has 0 N–H and O–H groups in total. The van der Waals surface area contributed by atoms with E-state index in [0.717, 1.165) is 44.6 Å². The number of benzene rings is 4. The number of para-hydroxylation sites is 1. The van der Waals surface area contributed by atoms with Crippen LogP contribution in [0.2, 0.25) is 17.3 Å². The molecule has 3 heterocycles. The van der Waals surface area contributed by atoms with Gasteiger partial charge in [-0.05, 0) is 11.8 Å². The van der Waals surface area contributed by atoms with E-state index in [2.05, 4.69) is 102 Å². The van der Waals surface area contributed by atoms with Crippen LogP contribution in [0, 0.1) is 19.1 Å². The van der Waals surface area contributed by atoms with Gasteiger partial charge in [0.1, 0.15) is 0 Å². The van der Waals surface area contributed by atoms with E-state index < -0.39 is 13.3 Å². The SMILES string of the molecule is Cc1[c-]c(-c2cc3oc4[c]([Ge]([CH3])([CH3])[CH3])cccc4c3cn2)cc(-c2ccccc2)c1.[Ir].[c-]1ccccc1-c1ccccn1. The van der Waals surface area contributed by atoms with E-state index >= 15 is 0 Å². The second kappa shape index (κ2) is 13.2. The van der Waals surface area contributed by atoms with Crippen LogP contribution in [0.15, 0.2) is 126 Å². The average molecular weight is 798 g/mol. The standard InChI is InChI=1S/C27H24GeNO.C11H8N.Ir/c1-18-13-20(19-9-6-5-7-10-19)15-21(14-18)25-16-26-23(17-29-25)22-11-8-12-24(27(22)30-26)28(2,3)4;1-2-6-10(7-3-1)11-8-4-5-9-12-11;/h5-13,15-17H,1-4H3;1-6,8-9H;/q2*-1;. The smallest absolute Gasteiger partial charge is 0.0160 e. The summed E-state index contributed by atoms with van der Waals surface area (Å²) < 4.78 is 7.81. The van der Waals surface area contributed by atoms with Crippen LogP contribution in [0.3, 0.4) is 0 Å². The molecule has 43 heavy (non-hydrogen) atoms. The van der Waals surface area contributed by atoms with Crippen molar-refractivity contribution in [2.75, 3.05) is 0 Å². The quantitative estimate of drug-likeness (QED) is 0.132. The first-order chi connectivity index (χ1) is 20.4. The molecule has 0 atom stereocenters. The normalized spacial score (nSPS) is 11.1. The monoisotopic (exact) mass is 799 g/mol. The number of fused-ring (bicyclic) bond motifs is 3. The Hall–Kier alpha value is -3.83. The van der Waals surface area contributed by atoms with Gasteiger partial charge in [-0.15, -0.1) is 35.9 Å². The first-order valence-electron chi connectivity index (χ1n) is 14.2. The second-order valence-corrected chi connectivity index (χ2v) is 22.0. The van der Waals surface area contributed by atoms with Gasteiger partial charge in [-0.25, -0.2) is 0 Å². The predicted octanol–water partition coefficient (Wildman–Crippen LogP) is 9.52. The Kier molecular flexibility index (Phi) is 9.41. The molecule has 0 fully saturated rings. The summed E-state index contributed by atoms with van der Waals surface area (Å²) in [5, 5.41) is 2.25. The maximum atomic E-state index is 6.41. The van der Waals surface area contributed by atoms with E-state index in [4.69, 9.17) is 9.40 Å². The molecule has 0 aliphatic carbocycles. The number of furan rings is 1. The predicted molar refractivity (Wildman–Crippen MR) is 177 cm³/mol. The van der Waals surface area contributed by atoms with Crippen LogP contribution in [0.25, 0.3) is 55.6 Å². The number of hydrogen-bond donors (Lipinski definition) is 0. The molecular weight excluding hydrogens is 765 g/mol. The molecule has 3 nitrogen and oxygen atoms in total. The summed E-state index contributed by atoms with van der Waals surface area (Å²) in [5.41, 5.74) is 9.30. The summed E-state index contributed by atoms with van der Waals surface area (Å²) in [4.78, 5) is 9.01. The Bertz CT molecular complexity index is 1930. The number of rotatable bonds is 4. The van der Waals surface area contributed by atoms with Gasteiger partial charge in [0, 0.05) is 26.3 Å². The largest absolute Gasteiger partial charge is 0.305 e. The Morgan fingerprint density at radius 3 is 2.19 bits per heavy atom. The van der Waals surface area contributed by atoms with Gasteiger partial charge >= 0.3 is 174 Å². The van der Waals surface area contributed by atoms with Gasteiger partial charge in [0.15, 0.2) is 0 Å². The van der Waals surface area contributed by atoms with Gasteiger partial charge < -0.3 is 4.98 Å². The zero-order valence-electron chi connectivity index (χ0n) is 24.7. The van der Waals surface area contributed by atoms with Crippen LogP contribution in [0.4, 0.5) is 0 Å². The van der Waals surface area contributed by atoms with Gasteiger partial charge in [0.25, 0.3) is 0 Å². The first-order valence-corrected chi connectivity index (χ1v) is 21.5. The molecule has 4 aromatic carbocycles. The van der Waals surface area contributed by atoms with Crippen LogP contribution in [-0.4, -0.2) is 23.2 Å². The second-order valence-electron chi connectivity index (χ2n) is 11.4. The summed E-state index contributed by atoms with van der Waals surface area (Å²) in [5.74, 6) is 7.20. The number of aryl methyl sites for hydroxylation is 1. The van der Waals surface area contributed by atoms with E-state index in [1.807, 2.05) is 54.7 Å². The van der Waals surface area contributed by atoms with Crippen LogP contribution in [0.1, 0.15) is 5.56 Å². The van der Waals surface area contributed by atoms with Crippen molar-refractivity contribution in [3.8, 4) is 33.6 Å². The molecule has 0 bridgehead atoms. The fraction of sp³-hybridized carbons (Fsp3) is 0.105. The molecule has 0 aliphatic rings. The minimum absolute atomic E-state index is 0. The fourth-order valence-corrected chi connectivity index (χ4v) is 8.23. The Balaban J connectivity index is 0.000000238. The average Bonchev–Trinajstić information content (AvgIpc) is 3.40. The van der Waals surface area contributed by atoms with Crippen molar-refractivity contribution in [3.05, 3.63) is 139 Å². The summed E-state index contributed by atoms with van der Waals surface area (Å²) >= 11 is -2.04. The first kappa shape index (κ1) is 30.6. The van der Waals surface area contributed by atoms with Crippen molar-refractivity contribution in [1.29, 1.82) is 0 Å². The van der Waals surface area contributed by atoms with Crippen LogP contribution in [-0.2, 0) is 20.1 Å². The molecule has 0 saturated carbocycles. The van der Waals surface area contributed by atoms with Gasteiger partial charge in [-0.1, -0.05) is 18.2 Å². The van der Waals surface area contributed by atoms with Crippen LogP contribution in [0.5, 0.6) is 0 Å². The molecule has 215 valence electrons. The Morgan fingerprint density at radius 1 is 0.674 bits per heavy atom. The van der Waals surface area contributed by atoms with Gasteiger partial charge in [-0.3, -0.25) is 0 Å². The molecule has 0 unspecified atom stereocenters. The maximum absolute atomic E-state index is 6.41. The topological polar surface area (TPSA) is 38.9 Å². The minimum atomic E-state index is -2.04. The summed E-state index contributed by atoms with van der Waals surface area (Å²) in [6.07, 6.45) is 3.74. The van der Waals surface area contributed by atoms with Crippen molar-refractivity contribution < 1.29 is 24.5 Å². The third kappa shape index (κ3) is 6.88. The Labute approximate surface area is 269 Å². The van der Waals surface area contributed by atoms with Gasteiger partial charge in [0.2, 0.25) is 0 Å². The van der Waals surface area contributed by atoms with E-state index in [0.29, 0.717) is 0 Å². The van der Waals surface area contributed by atoms with E-state index in [1.54, 1.807) is 6.20 Å². The van der Waals surface area contributed by atoms with Crippen LogP contribution >= 0.6 is 0 Å². The molecule has 5 heteroatoms. The fourth-order valence-electron chi connectivity index (χ4n) is 5.16. The molecule has 0 saturated heterocycles. The zero-order chi connectivity index (χ0) is 29.1. The molecule has 0 amide bonds. The van der Waals surface area contributed by atoms with Crippen molar-refractivity contribution >= 4 is 39.6 Å². The third-order valence-electron chi connectivity index (χ3n) is 7.23. The minimum Gasteiger partial charge on any atom is -0.305 e. The molecule has 0 spiro atoms. The number of aromatic nitrogens is 2. The maximum Gasteiger partial charge on any atom is 0.0160 e. The number of nitrogens with zero attached hydrogens (tertiary/aromatic N) is 2.